The number of nitrogens with two attached hydrogens (primary N) is 1. The molecule has 1 aliphatic rings. The largest absolute Gasteiger partial charge is 0.389 e. The summed E-state index contributed by atoms with van der Waals surface area (Å²) < 4.78 is 24.2. The fraction of sp³-hybridized carbons (Fsp3) is 0.417. The fourth-order valence-corrected chi connectivity index (χ4v) is 3.95. The molecule has 19 heavy (non-hydrogen) atoms. The van der Waals surface area contributed by atoms with Crippen molar-refractivity contribution in [2.24, 2.45) is 5.73 Å². The first-order valence-corrected chi connectivity index (χ1v) is 8.96. The Labute approximate surface area is 127 Å². The highest BCUT2D eigenvalue weighted by atomic mass is 79.9. The second kappa shape index (κ2) is 5.76. The van der Waals surface area contributed by atoms with Crippen LogP contribution in [-0.4, -0.2) is 38.0 Å². The van der Waals surface area contributed by atoms with Crippen molar-refractivity contribution >= 4 is 48.7 Å². The van der Waals surface area contributed by atoms with Gasteiger partial charge in [0.15, 0.2) is 9.84 Å². The van der Waals surface area contributed by atoms with Crippen LogP contribution in [0, 0.1) is 0 Å². The molecule has 7 heteroatoms. The smallest absolute Gasteiger partial charge is 0.152 e. The molecule has 104 valence electrons. The summed E-state index contributed by atoms with van der Waals surface area (Å²) in [6.07, 6.45) is 0.631. The molecule has 1 saturated heterocycles. The lowest BCUT2D eigenvalue weighted by atomic mass is 10.1. The molecule has 1 aromatic carbocycles. The Morgan fingerprint density at radius 2 is 2.05 bits per heavy atom. The first-order chi connectivity index (χ1) is 8.89. The summed E-state index contributed by atoms with van der Waals surface area (Å²) in [6.45, 7) is 1.18. The summed E-state index contributed by atoms with van der Waals surface area (Å²) in [7, 11) is -2.92. The minimum absolute atomic E-state index is 0.177. The number of benzene rings is 1. The zero-order valence-corrected chi connectivity index (χ0v) is 13.5. The molecule has 0 unspecified atom stereocenters. The molecule has 4 nitrogen and oxygen atoms in total. The molecule has 0 radical (unpaired) electrons. The molecular weight excluding hydrogens is 348 g/mol. The van der Waals surface area contributed by atoms with Gasteiger partial charge in [-0.05, 0) is 24.6 Å². The first-order valence-electron chi connectivity index (χ1n) is 5.94. The molecule has 1 fully saturated rings. The van der Waals surface area contributed by atoms with Crippen LogP contribution in [0.25, 0.3) is 0 Å². The van der Waals surface area contributed by atoms with Crippen molar-refractivity contribution in [1.82, 2.24) is 0 Å². The van der Waals surface area contributed by atoms with Gasteiger partial charge in [-0.15, -0.1) is 0 Å². The molecular formula is C12H15BrN2O2S2. The second-order valence-electron chi connectivity index (χ2n) is 4.52. The minimum atomic E-state index is -2.92. The summed E-state index contributed by atoms with van der Waals surface area (Å²) in [5, 5.41) is 0. The van der Waals surface area contributed by atoms with E-state index in [9.17, 15) is 8.42 Å². The Morgan fingerprint density at radius 1 is 1.32 bits per heavy atom. The van der Waals surface area contributed by atoms with Crippen molar-refractivity contribution in [3.8, 4) is 0 Å². The third kappa shape index (κ3) is 3.67. The Balaban J connectivity index is 2.35. The van der Waals surface area contributed by atoms with Crippen LogP contribution in [0.3, 0.4) is 0 Å². The van der Waals surface area contributed by atoms with Crippen LogP contribution in [0.15, 0.2) is 22.7 Å². The maximum absolute atomic E-state index is 11.6. The monoisotopic (exact) mass is 362 g/mol. The number of rotatable bonds is 2. The second-order valence-corrected chi connectivity index (χ2v) is 8.18. The average Bonchev–Trinajstić information content (AvgIpc) is 2.49. The van der Waals surface area contributed by atoms with E-state index in [1.807, 2.05) is 23.1 Å². The molecule has 1 aliphatic heterocycles. The number of sulfone groups is 1. The molecule has 1 aromatic rings. The lowest BCUT2D eigenvalue weighted by Crippen LogP contribution is -2.29. The zero-order valence-electron chi connectivity index (χ0n) is 10.3. The summed E-state index contributed by atoms with van der Waals surface area (Å²) in [6, 6.07) is 5.68. The topological polar surface area (TPSA) is 63.4 Å². The Morgan fingerprint density at radius 3 is 2.74 bits per heavy atom. The van der Waals surface area contributed by atoms with Crippen LogP contribution in [0.1, 0.15) is 12.0 Å². The predicted molar refractivity (Wildman–Crippen MR) is 85.5 cm³/mol. The van der Waals surface area contributed by atoms with Gasteiger partial charge in [0.05, 0.1) is 11.5 Å². The number of hydrogen-bond donors (Lipinski definition) is 1. The first kappa shape index (κ1) is 14.7. The van der Waals surface area contributed by atoms with E-state index in [2.05, 4.69) is 15.9 Å². The Kier molecular flexibility index (Phi) is 4.47. The standard InChI is InChI=1S/C12H15BrN2O2S2/c13-9-2-3-10(12(14)18)11(8-9)15-4-1-6-19(16,17)7-5-15/h2-3,8H,1,4-7H2,(H2,14,18). The highest BCUT2D eigenvalue weighted by Crippen LogP contribution is 2.26. The lowest BCUT2D eigenvalue weighted by Gasteiger charge is -2.25. The third-order valence-electron chi connectivity index (χ3n) is 3.12. The number of halogens is 1. The molecule has 2 rings (SSSR count). The Hall–Kier alpha value is -0.660. The van der Waals surface area contributed by atoms with Gasteiger partial charge in [0, 0.05) is 28.8 Å². The fourth-order valence-electron chi connectivity index (χ4n) is 2.15. The summed E-state index contributed by atoms with van der Waals surface area (Å²) in [5.41, 5.74) is 7.43. The van der Waals surface area contributed by atoms with E-state index in [0.29, 0.717) is 24.5 Å². The zero-order chi connectivity index (χ0) is 14.0. The van der Waals surface area contributed by atoms with E-state index in [4.69, 9.17) is 18.0 Å². The SMILES string of the molecule is NC(=S)c1ccc(Br)cc1N1CCCS(=O)(=O)CC1. The number of anilines is 1. The van der Waals surface area contributed by atoms with Gasteiger partial charge < -0.3 is 10.6 Å². The van der Waals surface area contributed by atoms with Crippen LogP contribution in [-0.2, 0) is 9.84 Å². The van der Waals surface area contributed by atoms with Crippen LogP contribution in [0.4, 0.5) is 5.69 Å². The summed E-state index contributed by atoms with van der Waals surface area (Å²) in [4.78, 5) is 2.37. The Bertz CT molecular complexity index is 602. The molecule has 2 N–H and O–H groups in total. The number of hydrogen-bond acceptors (Lipinski definition) is 4. The minimum Gasteiger partial charge on any atom is -0.389 e. The van der Waals surface area contributed by atoms with Crippen molar-refractivity contribution in [1.29, 1.82) is 0 Å². The third-order valence-corrected chi connectivity index (χ3v) is 5.55. The maximum Gasteiger partial charge on any atom is 0.152 e. The number of nitrogens with zero attached hydrogens (tertiary/aromatic N) is 1. The van der Waals surface area contributed by atoms with Gasteiger partial charge in [0.25, 0.3) is 0 Å². The van der Waals surface area contributed by atoms with Crippen LogP contribution in [0.2, 0.25) is 0 Å². The number of thiocarbonyl (C=S) groups is 1. The highest BCUT2D eigenvalue weighted by Gasteiger charge is 2.21. The highest BCUT2D eigenvalue weighted by molar-refractivity contribution is 9.10. The molecule has 0 saturated carbocycles. The normalized spacial score (nSPS) is 18.9. The molecule has 0 amide bonds. The van der Waals surface area contributed by atoms with Crippen LogP contribution < -0.4 is 10.6 Å². The molecule has 0 aromatic heterocycles. The molecule has 1 heterocycles. The lowest BCUT2D eigenvalue weighted by molar-refractivity contribution is 0.597. The van der Waals surface area contributed by atoms with Gasteiger partial charge in [-0.1, -0.05) is 28.1 Å². The average molecular weight is 363 g/mol. The van der Waals surface area contributed by atoms with Gasteiger partial charge in [-0.2, -0.15) is 0 Å². The van der Waals surface area contributed by atoms with Crippen molar-refractivity contribution in [3.05, 3.63) is 28.2 Å². The van der Waals surface area contributed by atoms with Crippen LogP contribution in [0.5, 0.6) is 0 Å². The van der Waals surface area contributed by atoms with Crippen molar-refractivity contribution in [2.75, 3.05) is 29.5 Å². The van der Waals surface area contributed by atoms with Gasteiger partial charge in [-0.25, -0.2) is 8.42 Å². The molecule has 0 aliphatic carbocycles. The van der Waals surface area contributed by atoms with E-state index in [0.717, 1.165) is 15.7 Å². The van der Waals surface area contributed by atoms with Gasteiger partial charge in [0.2, 0.25) is 0 Å². The van der Waals surface area contributed by atoms with E-state index in [1.165, 1.54) is 0 Å². The van der Waals surface area contributed by atoms with Gasteiger partial charge >= 0.3 is 0 Å². The summed E-state index contributed by atoms with van der Waals surface area (Å²) in [5.74, 6) is 0.427. The van der Waals surface area contributed by atoms with Gasteiger partial charge in [0.1, 0.15) is 4.99 Å². The summed E-state index contributed by atoms with van der Waals surface area (Å²) >= 11 is 8.48. The van der Waals surface area contributed by atoms with Crippen molar-refractivity contribution in [2.45, 2.75) is 6.42 Å². The predicted octanol–water partition coefficient (Wildman–Crippen LogP) is 1.71. The van der Waals surface area contributed by atoms with Crippen molar-refractivity contribution < 1.29 is 8.42 Å². The van der Waals surface area contributed by atoms with Crippen molar-refractivity contribution in [3.63, 3.8) is 0 Å². The van der Waals surface area contributed by atoms with Crippen LogP contribution >= 0.6 is 28.1 Å². The van der Waals surface area contributed by atoms with E-state index < -0.39 is 9.84 Å². The molecule has 0 atom stereocenters. The molecule has 0 spiro atoms. The maximum atomic E-state index is 11.6. The quantitative estimate of drug-likeness (QED) is 0.811. The van der Waals surface area contributed by atoms with E-state index >= 15 is 0 Å². The van der Waals surface area contributed by atoms with Gasteiger partial charge in [-0.3, -0.25) is 0 Å². The van der Waals surface area contributed by atoms with E-state index in [-0.39, 0.29) is 11.5 Å². The van der Waals surface area contributed by atoms with E-state index in [1.54, 1.807) is 0 Å². The molecule has 0 bridgehead atoms.